The van der Waals surface area contributed by atoms with E-state index in [9.17, 15) is 4.79 Å². The number of esters is 1. The Kier molecular flexibility index (Phi) is 5.13. The van der Waals surface area contributed by atoms with Gasteiger partial charge < -0.3 is 4.74 Å². The van der Waals surface area contributed by atoms with Crippen LogP contribution in [0.25, 0.3) is 11.0 Å². The molecule has 0 N–H and O–H groups in total. The lowest BCUT2D eigenvalue weighted by Gasteiger charge is -2.03. The van der Waals surface area contributed by atoms with Crippen molar-refractivity contribution in [3.63, 3.8) is 0 Å². The van der Waals surface area contributed by atoms with E-state index in [0.29, 0.717) is 6.42 Å². The second-order valence-corrected chi connectivity index (χ2v) is 4.48. The average molecular weight is 271 g/mol. The highest BCUT2D eigenvalue weighted by atomic mass is 16.5. The first-order valence-electron chi connectivity index (χ1n) is 6.68. The van der Waals surface area contributed by atoms with Gasteiger partial charge >= 0.3 is 5.97 Å². The van der Waals surface area contributed by atoms with Gasteiger partial charge in [0.2, 0.25) is 0 Å². The monoisotopic (exact) mass is 271 g/mol. The number of hydrogen-bond donors (Lipinski definition) is 0. The topological polar surface area (TPSA) is 57.0 Å². The maximum Gasteiger partial charge on any atom is 0.306 e. The molecule has 0 unspecified atom stereocenters. The summed E-state index contributed by atoms with van der Waals surface area (Å²) in [5, 5.41) is 8.22. The molecule has 1 aromatic heterocycles. The first-order valence-corrected chi connectivity index (χ1v) is 6.68. The first kappa shape index (κ1) is 14.1. The molecule has 0 aliphatic heterocycles. The standard InChI is InChI=1S/C15H17N3O2/c1-2-12-20-15(19)10-4-3-7-11-18-14-9-6-5-8-13(14)16-17-18/h1,5-6,8-9H,3-4,7,10-12H2. The van der Waals surface area contributed by atoms with Crippen molar-refractivity contribution in [3.05, 3.63) is 24.3 Å². The third-order valence-corrected chi connectivity index (χ3v) is 2.99. The molecule has 20 heavy (non-hydrogen) atoms. The second-order valence-electron chi connectivity index (χ2n) is 4.48. The van der Waals surface area contributed by atoms with Gasteiger partial charge in [0.05, 0.1) is 5.52 Å². The Bertz CT molecular complexity index is 613. The fourth-order valence-corrected chi connectivity index (χ4v) is 1.98. The molecule has 0 radical (unpaired) electrons. The van der Waals surface area contributed by atoms with Crippen molar-refractivity contribution >= 4 is 17.0 Å². The number of unbranched alkanes of at least 4 members (excludes halogenated alkanes) is 2. The van der Waals surface area contributed by atoms with Gasteiger partial charge in [-0.2, -0.15) is 0 Å². The minimum atomic E-state index is -0.228. The van der Waals surface area contributed by atoms with Gasteiger partial charge in [-0.25, -0.2) is 4.68 Å². The van der Waals surface area contributed by atoms with Crippen molar-refractivity contribution in [2.75, 3.05) is 6.61 Å². The van der Waals surface area contributed by atoms with Crippen LogP contribution in [-0.4, -0.2) is 27.6 Å². The van der Waals surface area contributed by atoms with Crippen molar-refractivity contribution in [2.45, 2.75) is 32.2 Å². The van der Waals surface area contributed by atoms with E-state index in [4.69, 9.17) is 11.2 Å². The van der Waals surface area contributed by atoms with Crippen LogP contribution in [0.2, 0.25) is 0 Å². The molecule has 1 aromatic carbocycles. The predicted molar refractivity (Wildman–Crippen MR) is 75.8 cm³/mol. The number of fused-ring (bicyclic) bond motifs is 1. The van der Waals surface area contributed by atoms with Gasteiger partial charge in [0.1, 0.15) is 5.52 Å². The molecule has 0 bridgehead atoms. The first-order chi connectivity index (χ1) is 9.81. The van der Waals surface area contributed by atoms with Crippen LogP contribution in [0.15, 0.2) is 24.3 Å². The Morgan fingerprint density at radius 2 is 2.15 bits per heavy atom. The lowest BCUT2D eigenvalue weighted by Crippen LogP contribution is -2.05. The summed E-state index contributed by atoms with van der Waals surface area (Å²) in [5.41, 5.74) is 1.95. The molecule has 104 valence electrons. The van der Waals surface area contributed by atoms with E-state index in [1.807, 2.05) is 28.9 Å². The molecule has 0 atom stereocenters. The number of carbonyl (C=O) groups excluding carboxylic acids is 1. The van der Waals surface area contributed by atoms with E-state index >= 15 is 0 Å². The zero-order valence-corrected chi connectivity index (χ0v) is 11.3. The van der Waals surface area contributed by atoms with E-state index in [2.05, 4.69) is 16.2 Å². The number of benzene rings is 1. The van der Waals surface area contributed by atoms with Crippen molar-refractivity contribution < 1.29 is 9.53 Å². The van der Waals surface area contributed by atoms with E-state index in [0.717, 1.165) is 36.8 Å². The summed E-state index contributed by atoms with van der Waals surface area (Å²) < 4.78 is 6.69. The van der Waals surface area contributed by atoms with E-state index < -0.39 is 0 Å². The van der Waals surface area contributed by atoms with Crippen LogP contribution in [0.5, 0.6) is 0 Å². The van der Waals surface area contributed by atoms with Crippen LogP contribution < -0.4 is 0 Å². The van der Waals surface area contributed by atoms with Crippen molar-refractivity contribution in [2.24, 2.45) is 0 Å². The highest BCUT2D eigenvalue weighted by Gasteiger charge is 2.04. The summed E-state index contributed by atoms with van der Waals surface area (Å²) in [7, 11) is 0. The average Bonchev–Trinajstić information content (AvgIpc) is 2.88. The molecule has 0 fully saturated rings. The number of aryl methyl sites for hydroxylation is 1. The molecule has 0 saturated carbocycles. The number of para-hydroxylation sites is 1. The van der Waals surface area contributed by atoms with Gasteiger partial charge in [0.15, 0.2) is 6.61 Å². The molecule has 0 spiro atoms. The van der Waals surface area contributed by atoms with Crippen LogP contribution in [0.4, 0.5) is 0 Å². The van der Waals surface area contributed by atoms with Crippen LogP contribution in [0.3, 0.4) is 0 Å². The van der Waals surface area contributed by atoms with Gasteiger partial charge in [-0.05, 0) is 25.0 Å². The number of ether oxygens (including phenoxy) is 1. The third kappa shape index (κ3) is 3.82. The number of carbonyl (C=O) groups is 1. The summed E-state index contributed by atoms with van der Waals surface area (Å²) >= 11 is 0. The van der Waals surface area contributed by atoms with Crippen LogP contribution in [0.1, 0.15) is 25.7 Å². The smallest absolute Gasteiger partial charge is 0.306 e. The van der Waals surface area contributed by atoms with Gasteiger partial charge in [0.25, 0.3) is 0 Å². The Hall–Kier alpha value is -2.35. The summed E-state index contributed by atoms with van der Waals surface area (Å²) in [6.07, 6.45) is 8.13. The zero-order valence-electron chi connectivity index (χ0n) is 11.3. The van der Waals surface area contributed by atoms with Gasteiger partial charge in [-0.1, -0.05) is 29.7 Å². The molecular weight excluding hydrogens is 254 g/mol. The maximum atomic E-state index is 11.2. The summed E-state index contributed by atoms with van der Waals surface area (Å²) in [6, 6.07) is 7.87. The summed E-state index contributed by atoms with van der Waals surface area (Å²) in [4.78, 5) is 11.2. The predicted octanol–water partition coefficient (Wildman–Crippen LogP) is 2.17. The molecule has 0 saturated heterocycles. The molecule has 2 aromatic rings. The van der Waals surface area contributed by atoms with Crippen molar-refractivity contribution in [3.8, 4) is 12.3 Å². The minimum absolute atomic E-state index is 0.0593. The Morgan fingerprint density at radius 3 is 3.00 bits per heavy atom. The molecular formula is C15H17N3O2. The molecule has 0 aliphatic rings. The highest BCUT2D eigenvalue weighted by Crippen LogP contribution is 2.11. The van der Waals surface area contributed by atoms with E-state index in [-0.39, 0.29) is 12.6 Å². The van der Waals surface area contributed by atoms with Crippen LogP contribution >= 0.6 is 0 Å². The molecule has 2 rings (SSSR count). The molecule has 1 heterocycles. The van der Waals surface area contributed by atoms with Crippen molar-refractivity contribution in [1.82, 2.24) is 15.0 Å². The second kappa shape index (κ2) is 7.29. The SMILES string of the molecule is C#CCOC(=O)CCCCCn1nnc2ccccc21. The van der Waals surface area contributed by atoms with Gasteiger partial charge in [-0.15, -0.1) is 11.5 Å². The Morgan fingerprint density at radius 1 is 1.30 bits per heavy atom. The van der Waals surface area contributed by atoms with Gasteiger partial charge in [0, 0.05) is 13.0 Å². The minimum Gasteiger partial charge on any atom is -0.452 e. The lowest BCUT2D eigenvalue weighted by molar-refractivity contribution is -0.142. The van der Waals surface area contributed by atoms with Crippen LogP contribution in [0, 0.1) is 12.3 Å². The highest BCUT2D eigenvalue weighted by molar-refractivity contribution is 5.73. The lowest BCUT2D eigenvalue weighted by atomic mass is 10.2. The fourth-order valence-electron chi connectivity index (χ4n) is 1.98. The molecule has 5 heteroatoms. The molecule has 0 aliphatic carbocycles. The third-order valence-electron chi connectivity index (χ3n) is 2.99. The molecule has 5 nitrogen and oxygen atoms in total. The quantitative estimate of drug-likeness (QED) is 0.440. The zero-order chi connectivity index (χ0) is 14.2. The number of rotatable bonds is 7. The fraction of sp³-hybridized carbons (Fsp3) is 0.400. The number of hydrogen-bond acceptors (Lipinski definition) is 4. The van der Waals surface area contributed by atoms with E-state index in [1.165, 1.54) is 0 Å². The van der Waals surface area contributed by atoms with Crippen molar-refractivity contribution in [1.29, 1.82) is 0 Å². The maximum absolute atomic E-state index is 11.2. The Labute approximate surface area is 117 Å². The number of terminal acetylenes is 1. The van der Waals surface area contributed by atoms with Gasteiger partial charge in [-0.3, -0.25) is 4.79 Å². The van der Waals surface area contributed by atoms with Crippen LogP contribution in [-0.2, 0) is 16.1 Å². The normalized spacial score (nSPS) is 10.3. The largest absolute Gasteiger partial charge is 0.452 e. The summed E-state index contributed by atoms with van der Waals surface area (Å²) in [5.74, 6) is 2.05. The molecule has 0 amide bonds. The Balaban J connectivity index is 1.69. The number of aromatic nitrogens is 3. The number of nitrogens with zero attached hydrogens (tertiary/aromatic N) is 3. The van der Waals surface area contributed by atoms with E-state index in [1.54, 1.807) is 0 Å². The summed E-state index contributed by atoms with van der Waals surface area (Å²) in [6.45, 7) is 0.865.